The molecular weight excluding hydrogens is 540 g/mol. The van der Waals surface area contributed by atoms with Crippen LogP contribution in [0.3, 0.4) is 0 Å². The maximum absolute atomic E-state index is 8.58. The molecule has 184 valence electrons. The van der Waals surface area contributed by atoms with E-state index in [0.717, 1.165) is 45.1 Å². The summed E-state index contributed by atoms with van der Waals surface area (Å²) in [6.07, 6.45) is -0.679. The highest BCUT2D eigenvalue weighted by molar-refractivity contribution is 9.11. The highest BCUT2D eigenvalue weighted by Gasteiger charge is 2.25. The number of hydrogen-bond donors (Lipinski definition) is 4. The number of para-hydroxylation sites is 1. The van der Waals surface area contributed by atoms with Crippen molar-refractivity contribution in [2.24, 2.45) is 4.99 Å². The molecule has 0 unspecified atom stereocenters. The van der Waals surface area contributed by atoms with Crippen molar-refractivity contribution in [3.63, 3.8) is 0 Å². The molecule has 3 aromatic rings. The van der Waals surface area contributed by atoms with Crippen molar-refractivity contribution in [2.45, 2.75) is 6.17 Å². The Morgan fingerprint density at radius 2 is 1.86 bits per heavy atom. The largest absolute Gasteiger partial charge is 0.406 e. The molecule has 36 heavy (non-hydrogen) atoms. The van der Waals surface area contributed by atoms with Crippen LogP contribution in [0.2, 0.25) is 0 Å². The third-order valence-electron chi connectivity index (χ3n) is 5.83. The lowest BCUT2D eigenvalue weighted by atomic mass is 10.0. The number of nitrogens with zero attached hydrogens (tertiary/aromatic N) is 2. The molecule has 1 saturated heterocycles. The maximum Gasteiger partial charge on any atom is 0.290 e. The van der Waals surface area contributed by atoms with Crippen LogP contribution in [0, 0.1) is 10.8 Å². The maximum atomic E-state index is 8.58. The fraction of sp³-hybridized carbons (Fsp3) is 0.192. The number of halogens is 1. The van der Waals surface area contributed by atoms with Crippen molar-refractivity contribution in [2.75, 3.05) is 36.5 Å². The lowest BCUT2D eigenvalue weighted by Gasteiger charge is -2.29. The quantitative estimate of drug-likeness (QED) is 0.263. The number of ether oxygens (including phenoxy) is 2. The first-order valence-electron chi connectivity index (χ1n) is 11.4. The normalized spacial score (nSPS) is 17.4. The van der Waals surface area contributed by atoms with Crippen LogP contribution in [0.25, 0.3) is 0 Å². The molecule has 5 rings (SSSR count). The molecule has 3 heterocycles. The first-order valence-corrected chi connectivity index (χ1v) is 13.0. The molecule has 4 N–H and O–H groups in total. The third kappa shape index (κ3) is 5.20. The molecule has 8 nitrogen and oxygen atoms in total. The van der Waals surface area contributed by atoms with E-state index < -0.39 is 6.17 Å². The van der Waals surface area contributed by atoms with E-state index in [4.69, 9.17) is 25.3 Å². The van der Waals surface area contributed by atoms with Gasteiger partial charge < -0.3 is 25.0 Å². The summed E-state index contributed by atoms with van der Waals surface area (Å²) >= 11 is 4.92. The molecule has 2 aromatic carbocycles. The number of benzodiazepines with no additional fused rings is 1. The van der Waals surface area contributed by atoms with Gasteiger partial charge in [-0.05, 0) is 28.1 Å². The topological polar surface area (TPSA) is 106 Å². The number of rotatable bonds is 4. The Labute approximate surface area is 221 Å². The van der Waals surface area contributed by atoms with E-state index in [1.54, 1.807) is 0 Å². The number of benzene rings is 2. The molecule has 1 fully saturated rings. The van der Waals surface area contributed by atoms with Gasteiger partial charge in [0.25, 0.3) is 6.02 Å². The Bertz CT molecular complexity index is 1330. The predicted octanol–water partition coefficient (Wildman–Crippen LogP) is 5.02. The van der Waals surface area contributed by atoms with Crippen molar-refractivity contribution in [1.29, 1.82) is 10.8 Å². The van der Waals surface area contributed by atoms with E-state index in [-0.39, 0.29) is 11.9 Å². The molecule has 0 spiro atoms. The number of hydrogen-bond acceptors (Lipinski definition) is 8. The number of morpholine rings is 1. The standard InChI is InChI=1S/C26H25BrN6O2S/c1-16-25(31-22(17-7-3-2-4-8-17)18-9-5-6-10-19(18)30-16)32-26(29)35-24(28)23-20(15-21(27)36-23)33-11-13-34-14-12-33/h2-10,15,25,28,30H,1,11-14H2,(H2,29,32)/t25-/m1/s1. The fourth-order valence-corrected chi connectivity index (χ4v) is 5.61. The van der Waals surface area contributed by atoms with E-state index in [1.165, 1.54) is 11.3 Å². The van der Waals surface area contributed by atoms with E-state index in [1.807, 2.05) is 60.7 Å². The van der Waals surface area contributed by atoms with Crippen LogP contribution in [0.15, 0.2) is 81.7 Å². The summed E-state index contributed by atoms with van der Waals surface area (Å²) < 4.78 is 12.0. The molecule has 2 aliphatic rings. The molecule has 0 amide bonds. The highest BCUT2D eigenvalue weighted by Crippen LogP contribution is 2.35. The zero-order valence-corrected chi connectivity index (χ0v) is 21.8. The van der Waals surface area contributed by atoms with Gasteiger partial charge in [0.2, 0.25) is 5.90 Å². The molecular formula is C26H25BrN6O2S. The van der Waals surface area contributed by atoms with Gasteiger partial charge in [-0.15, -0.1) is 11.3 Å². The van der Waals surface area contributed by atoms with Crippen molar-refractivity contribution >= 4 is 56.3 Å². The third-order valence-corrected chi connectivity index (χ3v) is 7.45. The molecule has 10 heteroatoms. The van der Waals surface area contributed by atoms with Gasteiger partial charge in [0, 0.05) is 29.9 Å². The highest BCUT2D eigenvalue weighted by atomic mass is 79.9. The van der Waals surface area contributed by atoms with Crippen LogP contribution in [0.1, 0.15) is 16.0 Å². The second-order valence-electron chi connectivity index (χ2n) is 8.21. The van der Waals surface area contributed by atoms with Gasteiger partial charge in [0.1, 0.15) is 4.88 Å². The summed E-state index contributed by atoms with van der Waals surface area (Å²) in [7, 11) is 0. The number of anilines is 2. The van der Waals surface area contributed by atoms with E-state index in [2.05, 4.69) is 38.0 Å². The van der Waals surface area contributed by atoms with Gasteiger partial charge in [-0.25, -0.2) is 0 Å². The molecule has 0 bridgehead atoms. The lowest BCUT2D eigenvalue weighted by Crippen LogP contribution is -2.39. The molecule has 0 aliphatic carbocycles. The summed E-state index contributed by atoms with van der Waals surface area (Å²) in [6.45, 7) is 6.90. The zero-order chi connectivity index (χ0) is 25.1. The molecule has 0 radical (unpaired) electrons. The Kier molecular flexibility index (Phi) is 7.17. The number of aliphatic imine (C=N–C) groups is 1. The van der Waals surface area contributed by atoms with Crippen LogP contribution in [0.4, 0.5) is 11.4 Å². The number of thiophene rings is 1. The van der Waals surface area contributed by atoms with Crippen molar-refractivity contribution in [1.82, 2.24) is 5.32 Å². The monoisotopic (exact) mass is 564 g/mol. The van der Waals surface area contributed by atoms with E-state index >= 15 is 0 Å². The summed E-state index contributed by atoms with van der Waals surface area (Å²) in [4.78, 5) is 7.72. The lowest BCUT2D eigenvalue weighted by molar-refractivity contribution is 0.122. The molecule has 1 atom stereocenters. The smallest absolute Gasteiger partial charge is 0.290 e. The van der Waals surface area contributed by atoms with Crippen molar-refractivity contribution in [3.05, 3.63) is 92.7 Å². The number of amidine groups is 1. The Morgan fingerprint density at radius 1 is 1.14 bits per heavy atom. The SMILES string of the molecule is C=C1Nc2ccccc2C(c2ccccc2)=N[C@@H]1NC(=N)OC(=N)c1sc(Br)cc1N1CCOCC1. The minimum absolute atomic E-state index is 0.104. The van der Waals surface area contributed by atoms with Crippen molar-refractivity contribution in [3.8, 4) is 0 Å². The molecule has 2 aliphatic heterocycles. The van der Waals surface area contributed by atoms with Gasteiger partial charge in [-0.2, -0.15) is 0 Å². The van der Waals surface area contributed by atoms with Crippen LogP contribution in [-0.2, 0) is 9.47 Å². The minimum atomic E-state index is -0.679. The zero-order valence-electron chi connectivity index (χ0n) is 19.4. The summed E-state index contributed by atoms with van der Waals surface area (Å²) in [5.41, 5.74) is 5.01. The average molecular weight is 565 g/mol. The van der Waals surface area contributed by atoms with Gasteiger partial charge in [-0.3, -0.25) is 15.8 Å². The van der Waals surface area contributed by atoms with Crippen LogP contribution >= 0.6 is 27.3 Å². The van der Waals surface area contributed by atoms with Crippen LogP contribution in [0.5, 0.6) is 0 Å². The number of fused-ring (bicyclic) bond motifs is 1. The summed E-state index contributed by atoms with van der Waals surface area (Å²) in [5.74, 6) is -0.104. The van der Waals surface area contributed by atoms with Gasteiger partial charge in [-0.1, -0.05) is 55.1 Å². The summed E-state index contributed by atoms with van der Waals surface area (Å²) in [6, 6.07) is 19.5. The van der Waals surface area contributed by atoms with Crippen LogP contribution in [-0.4, -0.2) is 50.1 Å². The second kappa shape index (κ2) is 10.7. The summed E-state index contributed by atoms with van der Waals surface area (Å²) in [5, 5.41) is 23.3. The first kappa shape index (κ1) is 24.2. The van der Waals surface area contributed by atoms with Crippen LogP contribution < -0.4 is 15.5 Å². The Balaban J connectivity index is 1.36. The molecule has 1 aromatic heterocycles. The minimum Gasteiger partial charge on any atom is -0.406 e. The fourth-order valence-electron chi connectivity index (χ4n) is 4.12. The average Bonchev–Trinajstić information content (AvgIpc) is 3.23. The predicted molar refractivity (Wildman–Crippen MR) is 149 cm³/mol. The van der Waals surface area contributed by atoms with Gasteiger partial charge in [0.15, 0.2) is 6.17 Å². The van der Waals surface area contributed by atoms with Gasteiger partial charge in [0.05, 0.1) is 34.1 Å². The van der Waals surface area contributed by atoms with Gasteiger partial charge >= 0.3 is 0 Å². The first-order chi connectivity index (χ1) is 17.5. The number of nitrogens with one attached hydrogen (secondary N) is 4. The van der Waals surface area contributed by atoms with Crippen molar-refractivity contribution < 1.29 is 9.47 Å². The molecule has 0 saturated carbocycles. The second-order valence-corrected chi connectivity index (χ2v) is 10.6. The Hall–Kier alpha value is -3.47. The van der Waals surface area contributed by atoms with E-state index in [0.29, 0.717) is 23.8 Å². The van der Waals surface area contributed by atoms with E-state index in [9.17, 15) is 0 Å². The Morgan fingerprint density at radius 3 is 2.64 bits per heavy atom.